The first-order chi connectivity index (χ1) is 8.78. The van der Waals surface area contributed by atoms with Crippen molar-refractivity contribution in [1.29, 1.82) is 0 Å². The Kier molecular flexibility index (Phi) is 3.29. The first kappa shape index (κ1) is 12.0. The molecule has 1 aromatic carbocycles. The average Bonchev–Trinajstić information content (AvgIpc) is 2.95. The van der Waals surface area contributed by atoms with E-state index in [1.165, 1.54) is 31.4 Å². The highest BCUT2D eigenvalue weighted by molar-refractivity contribution is 5.46. The summed E-state index contributed by atoms with van der Waals surface area (Å²) < 4.78 is 0. The van der Waals surface area contributed by atoms with Crippen LogP contribution in [0.3, 0.4) is 0 Å². The fourth-order valence-electron chi connectivity index (χ4n) is 3.66. The minimum Gasteiger partial charge on any atom is -0.389 e. The Morgan fingerprint density at radius 3 is 2.22 bits per heavy atom. The van der Waals surface area contributed by atoms with Crippen LogP contribution in [0.25, 0.3) is 0 Å². The average molecular weight is 245 g/mol. The van der Waals surface area contributed by atoms with E-state index in [0.717, 1.165) is 25.9 Å². The molecule has 0 radical (unpaired) electrons. The fourth-order valence-corrected chi connectivity index (χ4v) is 3.66. The van der Waals surface area contributed by atoms with Gasteiger partial charge in [-0.3, -0.25) is 0 Å². The van der Waals surface area contributed by atoms with Crippen molar-refractivity contribution in [2.75, 3.05) is 18.0 Å². The standard InChI is InChI=1S/C16H23NO/c18-16(14-6-4-5-7-14)10-12-17(13-11-16)15-8-2-1-3-9-15/h1-3,8-9,14,18H,4-7,10-13H2. The highest BCUT2D eigenvalue weighted by Crippen LogP contribution is 2.40. The first-order valence-corrected chi connectivity index (χ1v) is 7.30. The molecule has 3 rings (SSSR count). The Morgan fingerprint density at radius 1 is 1.00 bits per heavy atom. The Balaban J connectivity index is 1.64. The van der Waals surface area contributed by atoms with Crippen LogP contribution in [-0.4, -0.2) is 23.8 Å². The van der Waals surface area contributed by atoms with Gasteiger partial charge in [-0.25, -0.2) is 0 Å². The SMILES string of the molecule is OC1(C2CCCC2)CCN(c2ccccc2)CC1. The summed E-state index contributed by atoms with van der Waals surface area (Å²) in [5.74, 6) is 0.565. The lowest BCUT2D eigenvalue weighted by atomic mass is 9.78. The maximum atomic E-state index is 10.8. The predicted octanol–water partition coefficient (Wildman–Crippen LogP) is 3.21. The van der Waals surface area contributed by atoms with E-state index >= 15 is 0 Å². The van der Waals surface area contributed by atoms with Gasteiger partial charge in [-0.1, -0.05) is 31.0 Å². The molecule has 0 unspecified atom stereocenters. The van der Waals surface area contributed by atoms with E-state index < -0.39 is 0 Å². The molecule has 0 atom stereocenters. The van der Waals surface area contributed by atoms with Crippen molar-refractivity contribution in [2.24, 2.45) is 5.92 Å². The van der Waals surface area contributed by atoms with E-state index in [9.17, 15) is 5.11 Å². The van der Waals surface area contributed by atoms with Crippen molar-refractivity contribution < 1.29 is 5.11 Å². The largest absolute Gasteiger partial charge is 0.389 e. The summed E-state index contributed by atoms with van der Waals surface area (Å²) in [6.45, 7) is 1.99. The summed E-state index contributed by atoms with van der Waals surface area (Å²) in [6, 6.07) is 10.6. The third-order valence-electron chi connectivity index (χ3n) is 4.87. The highest BCUT2D eigenvalue weighted by Gasteiger charge is 2.40. The van der Waals surface area contributed by atoms with Gasteiger partial charge in [0.05, 0.1) is 5.60 Å². The number of anilines is 1. The summed E-state index contributed by atoms with van der Waals surface area (Å²) in [4.78, 5) is 2.41. The summed E-state index contributed by atoms with van der Waals surface area (Å²) in [7, 11) is 0. The number of benzene rings is 1. The van der Waals surface area contributed by atoms with Crippen LogP contribution in [0, 0.1) is 5.92 Å². The second kappa shape index (κ2) is 4.93. The molecule has 1 N–H and O–H groups in total. The molecule has 2 heteroatoms. The van der Waals surface area contributed by atoms with Gasteiger partial charge in [-0.2, -0.15) is 0 Å². The van der Waals surface area contributed by atoms with Crippen LogP contribution >= 0.6 is 0 Å². The number of nitrogens with zero attached hydrogens (tertiary/aromatic N) is 1. The maximum Gasteiger partial charge on any atom is 0.0709 e. The van der Waals surface area contributed by atoms with E-state index in [1.54, 1.807) is 0 Å². The van der Waals surface area contributed by atoms with Crippen molar-refractivity contribution in [1.82, 2.24) is 0 Å². The molecule has 2 fully saturated rings. The van der Waals surface area contributed by atoms with E-state index in [0.29, 0.717) is 5.92 Å². The molecule has 2 nitrogen and oxygen atoms in total. The molecular formula is C16H23NO. The van der Waals surface area contributed by atoms with Crippen LogP contribution in [0.15, 0.2) is 30.3 Å². The number of para-hydroxylation sites is 1. The molecule has 0 amide bonds. The van der Waals surface area contributed by atoms with Gasteiger partial charge >= 0.3 is 0 Å². The Hall–Kier alpha value is -1.02. The molecule has 2 aliphatic rings. The van der Waals surface area contributed by atoms with Gasteiger partial charge in [0.25, 0.3) is 0 Å². The second-order valence-electron chi connectivity index (χ2n) is 5.91. The summed E-state index contributed by atoms with van der Waals surface area (Å²) in [5, 5.41) is 10.8. The Labute approximate surface area is 110 Å². The molecular weight excluding hydrogens is 222 g/mol. The molecule has 18 heavy (non-hydrogen) atoms. The van der Waals surface area contributed by atoms with Crippen LogP contribution in [0.2, 0.25) is 0 Å². The van der Waals surface area contributed by atoms with Crippen molar-refractivity contribution >= 4 is 5.69 Å². The van der Waals surface area contributed by atoms with E-state index in [-0.39, 0.29) is 5.60 Å². The van der Waals surface area contributed by atoms with Crippen molar-refractivity contribution in [3.63, 3.8) is 0 Å². The molecule has 1 saturated carbocycles. The number of hydrogen-bond acceptors (Lipinski definition) is 2. The zero-order chi connectivity index (χ0) is 12.4. The fraction of sp³-hybridized carbons (Fsp3) is 0.625. The summed E-state index contributed by atoms with van der Waals surface area (Å²) >= 11 is 0. The molecule has 0 bridgehead atoms. The number of rotatable bonds is 2. The Morgan fingerprint density at radius 2 is 1.61 bits per heavy atom. The summed E-state index contributed by atoms with van der Waals surface area (Å²) in [6.07, 6.45) is 6.98. The normalized spacial score (nSPS) is 24.4. The first-order valence-electron chi connectivity index (χ1n) is 7.30. The van der Waals surface area contributed by atoms with Crippen LogP contribution in [-0.2, 0) is 0 Å². The third kappa shape index (κ3) is 2.26. The van der Waals surface area contributed by atoms with Gasteiger partial charge in [0.2, 0.25) is 0 Å². The minimum atomic E-state index is -0.373. The monoisotopic (exact) mass is 245 g/mol. The van der Waals surface area contributed by atoms with Crippen molar-refractivity contribution in [3.05, 3.63) is 30.3 Å². The van der Waals surface area contributed by atoms with Gasteiger partial charge in [-0.15, -0.1) is 0 Å². The van der Waals surface area contributed by atoms with Crippen LogP contribution in [0.5, 0.6) is 0 Å². The van der Waals surface area contributed by atoms with E-state index in [4.69, 9.17) is 0 Å². The zero-order valence-electron chi connectivity index (χ0n) is 11.0. The molecule has 1 saturated heterocycles. The van der Waals surface area contributed by atoms with Gasteiger partial charge in [0.1, 0.15) is 0 Å². The topological polar surface area (TPSA) is 23.5 Å². The Bertz CT molecular complexity index is 375. The lowest BCUT2D eigenvalue weighted by Gasteiger charge is -2.42. The van der Waals surface area contributed by atoms with Gasteiger partial charge < -0.3 is 10.0 Å². The van der Waals surface area contributed by atoms with Gasteiger partial charge in [-0.05, 0) is 43.7 Å². The number of hydrogen-bond donors (Lipinski definition) is 1. The quantitative estimate of drug-likeness (QED) is 0.865. The molecule has 0 spiro atoms. The van der Waals surface area contributed by atoms with Crippen molar-refractivity contribution in [3.8, 4) is 0 Å². The predicted molar refractivity (Wildman–Crippen MR) is 74.8 cm³/mol. The van der Waals surface area contributed by atoms with Crippen LogP contribution in [0.4, 0.5) is 5.69 Å². The summed E-state index contributed by atoms with van der Waals surface area (Å²) in [5.41, 5.74) is 0.924. The smallest absolute Gasteiger partial charge is 0.0709 e. The lowest BCUT2D eigenvalue weighted by molar-refractivity contribution is -0.0367. The van der Waals surface area contributed by atoms with E-state index in [1.807, 2.05) is 0 Å². The number of piperidine rings is 1. The van der Waals surface area contributed by atoms with Crippen LogP contribution in [0.1, 0.15) is 38.5 Å². The molecule has 1 aliphatic carbocycles. The van der Waals surface area contributed by atoms with Gasteiger partial charge in [0, 0.05) is 18.8 Å². The highest BCUT2D eigenvalue weighted by atomic mass is 16.3. The number of aliphatic hydroxyl groups is 1. The molecule has 1 aromatic rings. The molecule has 98 valence electrons. The maximum absolute atomic E-state index is 10.8. The molecule has 1 heterocycles. The third-order valence-corrected chi connectivity index (χ3v) is 4.87. The second-order valence-corrected chi connectivity index (χ2v) is 5.91. The molecule has 0 aromatic heterocycles. The molecule has 1 aliphatic heterocycles. The zero-order valence-corrected chi connectivity index (χ0v) is 11.0. The van der Waals surface area contributed by atoms with E-state index in [2.05, 4.69) is 35.2 Å². The lowest BCUT2D eigenvalue weighted by Crippen LogP contribution is -2.48. The minimum absolute atomic E-state index is 0.373. The van der Waals surface area contributed by atoms with Gasteiger partial charge in [0.15, 0.2) is 0 Å². The van der Waals surface area contributed by atoms with Crippen LogP contribution < -0.4 is 4.90 Å². The van der Waals surface area contributed by atoms with Crippen molar-refractivity contribution in [2.45, 2.75) is 44.1 Å².